The van der Waals surface area contributed by atoms with E-state index in [4.69, 9.17) is 37.0 Å². The molecule has 3 unspecified atom stereocenters. The van der Waals surface area contributed by atoms with Gasteiger partial charge in [-0.25, -0.2) is 9.13 Å². The van der Waals surface area contributed by atoms with Gasteiger partial charge in [0.15, 0.2) is 12.2 Å². The van der Waals surface area contributed by atoms with Crippen LogP contribution in [0.2, 0.25) is 0 Å². The van der Waals surface area contributed by atoms with E-state index in [1.54, 1.807) is 0 Å². The van der Waals surface area contributed by atoms with E-state index in [9.17, 15) is 43.2 Å². The molecule has 0 radical (unpaired) electrons. The summed E-state index contributed by atoms with van der Waals surface area (Å²) in [5.74, 6) is 0.916. The second-order valence-corrected chi connectivity index (χ2v) is 32.7. The van der Waals surface area contributed by atoms with Gasteiger partial charge in [-0.05, 0) is 49.4 Å². The molecule has 0 rings (SSSR count). The quantitative estimate of drug-likeness (QED) is 0.0222. The van der Waals surface area contributed by atoms with E-state index in [0.29, 0.717) is 31.6 Å². The number of hydrogen-bond donors (Lipinski definition) is 3. The number of phosphoric acid groups is 2. The van der Waals surface area contributed by atoms with Crippen molar-refractivity contribution in [3.05, 3.63) is 0 Å². The van der Waals surface area contributed by atoms with Crippen LogP contribution in [0.15, 0.2) is 0 Å². The largest absolute Gasteiger partial charge is 0.472 e. The van der Waals surface area contributed by atoms with Crippen LogP contribution in [0, 0.1) is 23.7 Å². The highest BCUT2D eigenvalue weighted by atomic mass is 31.2. The molecule has 0 fully saturated rings. The van der Waals surface area contributed by atoms with E-state index in [0.717, 1.165) is 114 Å². The SMILES string of the molecule is CCC(C)CCCCCCCCC(=O)OC[C@H](COP(=O)(O)OC[C@H](O)COP(=O)(O)OC[C@@H](COC(=O)CCCCCCCCCCCCCCCC(C)C)OC(=O)CCCCCCCCCC(C)C)OC(=O)CCCCCCCCCCCCCCCCCCCCC(C)C. The minimum Gasteiger partial charge on any atom is -0.462 e. The first-order valence-corrected chi connectivity index (χ1v) is 43.2. The number of unbranched alkanes of at least 4 members (excludes halogenated alkanes) is 40. The Labute approximate surface area is 594 Å². The summed E-state index contributed by atoms with van der Waals surface area (Å²) in [6, 6.07) is 0. The van der Waals surface area contributed by atoms with Gasteiger partial charge in [-0.3, -0.25) is 37.3 Å². The molecule has 0 aliphatic rings. The minimum absolute atomic E-state index is 0.103. The van der Waals surface area contributed by atoms with Gasteiger partial charge in [-0.15, -0.1) is 0 Å². The highest BCUT2D eigenvalue weighted by molar-refractivity contribution is 7.47. The van der Waals surface area contributed by atoms with Crippen LogP contribution in [-0.2, 0) is 65.4 Å². The Balaban J connectivity index is 5.16. The van der Waals surface area contributed by atoms with Crippen LogP contribution in [0.4, 0.5) is 0 Å². The first-order valence-electron chi connectivity index (χ1n) is 40.2. The molecular weight excluding hydrogens is 1270 g/mol. The summed E-state index contributed by atoms with van der Waals surface area (Å²) < 4.78 is 68.5. The molecule has 0 heterocycles. The predicted octanol–water partition coefficient (Wildman–Crippen LogP) is 22.8. The zero-order chi connectivity index (χ0) is 71.7. The lowest BCUT2D eigenvalue weighted by Crippen LogP contribution is -2.30. The molecule has 0 aliphatic carbocycles. The lowest BCUT2D eigenvalue weighted by atomic mass is 10.00. The van der Waals surface area contributed by atoms with Crippen molar-refractivity contribution in [2.45, 2.75) is 414 Å². The highest BCUT2D eigenvalue weighted by Crippen LogP contribution is 2.45. The Morgan fingerprint density at radius 3 is 0.732 bits per heavy atom. The average Bonchev–Trinajstić information content (AvgIpc) is 1.10. The maximum Gasteiger partial charge on any atom is 0.472 e. The van der Waals surface area contributed by atoms with Crippen molar-refractivity contribution in [2.24, 2.45) is 23.7 Å². The van der Waals surface area contributed by atoms with Crippen molar-refractivity contribution in [1.29, 1.82) is 0 Å². The molecule has 3 N–H and O–H groups in total. The minimum atomic E-state index is -4.96. The van der Waals surface area contributed by atoms with Gasteiger partial charge < -0.3 is 33.8 Å². The third-order valence-corrected chi connectivity index (χ3v) is 20.3. The molecule has 0 aromatic heterocycles. The Morgan fingerprint density at radius 2 is 0.495 bits per heavy atom. The number of aliphatic hydroxyl groups excluding tert-OH is 1. The van der Waals surface area contributed by atoms with Crippen LogP contribution in [0.25, 0.3) is 0 Å². The zero-order valence-corrected chi connectivity index (χ0v) is 65.5. The monoisotopic (exact) mass is 1420 g/mol. The van der Waals surface area contributed by atoms with Crippen LogP contribution < -0.4 is 0 Å². The summed E-state index contributed by atoms with van der Waals surface area (Å²) in [5, 5.41) is 10.6. The number of phosphoric ester groups is 2. The lowest BCUT2D eigenvalue weighted by molar-refractivity contribution is -0.161. The predicted molar refractivity (Wildman–Crippen MR) is 395 cm³/mol. The summed E-state index contributed by atoms with van der Waals surface area (Å²) in [6.07, 6.45) is 53.0. The molecule has 0 aromatic carbocycles. The number of carbonyl (C=O) groups is 4. The molecule has 0 aliphatic heterocycles. The first kappa shape index (κ1) is 95.1. The van der Waals surface area contributed by atoms with E-state index >= 15 is 0 Å². The fourth-order valence-electron chi connectivity index (χ4n) is 11.9. The first-order chi connectivity index (χ1) is 46.6. The summed E-state index contributed by atoms with van der Waals surface area (Å²) in [7, 11) is -9.91. The lowest BCUT2D eigenvalue weighted by Gasteiger charge is -2.21. The number of aliphatic hydroxyl groups is 1. The molecule has 0 saturated carbocycles. The van der Waals surface area contributed by atoms with E-state index < -0.39 is 97.5 Å². The molecule has 0 amide bonds. The fourth-order valence-corrected chi connectivity index (χ4v) is 13.5. The number of hydrogen-bond acceptors (Lipinski definition) is 15. The number of rotatable bonds is 75. The molecule has 0 aromatic rings. The Hall–Kier alpha value is -1.94. The second kappa shape index (κ2) is 67.2. The number of esters is 4. The standard InChI is InChI=1S/C78H152O17P2/c1-9-71(8)57-49-41-36-37-43-51-59-76(81)89-65-74(94-77(82)60-52-44-34-28-24-19-15-13-11-10-12-14-17-21-25-30-38-46-54-68(2)3)67-93-97(86,87)91-63-72(79)62-90-96(84,85)92-66-73(95-78(83)61-53-45-35-29-32-40-48-56-70(6)7)64-88-75(80)58-50-42-33-27-23-20-16-18-22-26-31-39-47-55-69(4)5/h68-74,79H,9-67H2,1-8H3,(H,84,85)(H,86,87)/t71?,72-,73-,74-/m1/s1. The van der Waals surface area contributed by atoms with Crippen molar-refractivity contribution in [3.8, 4) is 0 Å². The normalized spacial score (nSPS) is 14.4. The van der Waals surface area contributed by atoms with Crippen LogP contribution in [-0.4, -0.2) is 96.7 Å². The molecule has 97 heavy (non-hydrogen) atoms. The molecule has 17 nitrogen and oxygen atoms in total. The second-order valence-electron chi connectivity index (χ2n) is 29.8. The van der Waals surface area contributed by atoms with E-state index in [1.807, 2.05) is 0 Å². The summed E-state index contributed by atoms with van der Waals surface area (Å²) >= 11 is 0. The fraction of sp³-hybridized carbons (Fsp3) is 0.949. The van der Waals surface area contributed by atoms with Gasteiger partial charge in [0.25, 0.3) is 0 Å². The van der Waals surface area contributed by atoms with Crippen LogP contribution in [0.3, 0.4) is 0 Å². The molecule has 6 atom stereocenters. The van der Waals surface area contributed by atoms with Crippen molar-refractivity contribution in [1.82, 2.24) is 0 Å². The maximum absolute atomic E-state index is 13.1. The molecule has 19 heteroatoms. The third-order valence-electron chi connectivity index (χ3n) is 18.4. The Bertz CT molecular complexity index is 1900. The van der Waals surface area contributed by atoms with Gasteiger partial charge in [-0.2, -0.15) is 0 Å². The van der Waals surface area contributed by atoms with Crippen molar-refractivity contribution in [2.75, 3.05) is 39.6 Å². The Kier molecular flexibility index (Phi) is 65.9. The molecule has 0 bridgehead atoms. The topological polar surface area (TPSA) is 237 Å². The Morgan fingerprint density at radius 1 is 0.289 bits per heavy atom. The zero-order valence-electron chi connectivity index (χ0n) is 63.7. The van der Waals surface area contributed by atoms with Gasteiger partial charge in [0.2, 0.25) is 0 Å². The number of carbonyl (C=O) groups excluding carboxylic acids is 4. The molecule has 0 spiro atoms. The van der Waals surface area contributed by atoms with E-state index in [-0.39, 0.29) is 25.7 Å². The van der Waals surface area contributed by atoms with Gasteiger partial charge >= 0.3 is 39.5 Å². The van der Waals surface area contributed by atoms with Crippen molar-refractivity contribution >= 4 is 39.5 Å². The van der Waals surface area contributed by atoms with Crippen molar-refractivity contribution in [3.63, 3.8) is 0 Å². The smallest absolute Gasteiger partial charge is 0.462 e. The van der Waals surface area contributed by atoms with Gasteiger partial charge in [-0.1, -0.05) is 344 Å². The number of ether oxygens (including phenoxy) is 4. The molecular formula is C78H152O17P2. The van der Waals surface area contributed by atoms with Crippen molar-refractivity contribution < 1.29 is 80.2 Å². The van der Waals surface area contributed by atoms with Crippen LogP contribution >= 0.6 is 15.6 Å². The van der Waals surface area contributed by atoms with Crippen LogP contribution in [0.1, 0.15) is 396 Å². The van der Waals surface area contributed by atoms with E-state index in [1.165, 1.54) is 193 Å². The summed E-state index contributed by atoms with van der Waals surface area (Å²) in [6.45, 7) is 14.2. The average molecular weight is 1420 g/mol. The van der Waals surface area contributed by atoms with E-state index in [2.05, 4.69) is 55.4 Å². The van der Waals surface area contributed by atoms with Gasteiger partial charge in [0.05, 0.1) is 26.4 Å². The van der Waals surface area contributed by atoms with Gasteiger partial charge in [0, 0.05) is 25.7 Å². The maximum atomic E-state index is 13.1. The van der Waals surface area contributed by atoms with Gasteiger partial charge in [0.1, 0.15) is 19.3 Å². The molecule has 576 valence electrons. The summed E-state index contributed by atoms with van der Waals surface area (Å²) in [5.41, 5.74) is 0. The van der Waals surface area contributed by atoms with Crippen LogP contribution in [0.5, 0.6) is 0 Å². The third kappa shape index (κ3) is 70.9. The highest BCUT2D eigenvalue weighted by Gasteiger charge is 2.30. The molecule has 0 saturated heterocycles. The summed E-state index contributed by atoms with van der Waals surface area (Å²) in [4.78, 5) is 72.8.